The third-order valence-corrected chi connectivity index (χ3v) is 7.66. The van der Waals surface area contributed by atoms with Gasteiger partial charge in [-0.15, -0.1) is 0 Å². The normalized spacial score (nSPS) is 23.0. The van der Waals surface area contributed by atoms with Crippen LogP contribution in [0.25, 0.3) is 0 Å². The van der Waals surface area contributed by atoms with Gasteiger partial charge in [0.2, 0.25) is 0 Å². The minimum absolute atomic E-state index is 0.349. The molecule has 4 N–H and O–H groups in total. The minimum atomic E-state index is -0.464. The highest BCUT2D eigenvalue weighted by Crippen LogP contribution is 2.40. The van der Waals surface area contributed by atoms with Crippen molar-refractivity contribution in [3.05, 3.63) is 12.3 Å². The summed E-state index contributed by atoms with van der Waals surface area (Å²) in [5.41, 5.74) is 7.70. The molecule has 3 atom stereocenters. The Morgan fingerprint density at radius 2 is 1.89 bits per heavy atom. The summed E-state index contributed by atoms with van der Waals surface area (Å²) in [7, 11) is 0. The van der Waals surface area contributed by atoms with E-state index in [1.165, 1.54) is 51.4 Å². The topological polar surface area (TPSA) is 58.3 Å². The van der Waals surface area contributed by atoms with Crippen molar-refractivity contribution in [3.8, 4) is 0 Å². The van der Waals surface area contributed by atoms with E-state index in [9.17, 15) is 5.11 Å². The van der Waals surface area contributed by atoms with Crippen molar-refractivity contribution < 1.29 is 5.11 Å². The number of hydrogen-bond acceptors (Lipinski definition) is 4. The fourth-order valence-corrected chi connectivity index (χ4v) is 5.59. The number of allylic oxidation sites excluding steroid dienone is 1. The van der Waals surface area contributed by atoms with Gasteiger partial charge in [-0.05, 0) is 61.4 Å². The van der Waals surface area contributed by atoms with Gasteiger partial charge in [0.05, 0.1) is 6.10 Å². The zero-order valence-corrected chi connectivity index (χ0v) is 18.8. The molecule has 0 amide bonds. The van der Waals surface area contributed by atoms with Crippen LogP contribution in [0.2, 0.25) is 0 Å². The maximum Gasteiger partial charge on any atom is 0.0720 e. The lowest BCUT2D eigenvalue weighted by atomic mass is 9.68. The summed E-state index contributed by atoms with van der Waals surface area (Å²) in [4.78, 5) is 0. The van der Waals surface area contributed by atoms with E-state index >= 15 is 0 Å². The zero-order valence-electron chi connectivity index (χ0n) is 18.0. The Balaban J connectivity index is 2.00. The second-order valence-corrected chi connectivity index (χ2v) is 11.1. The van der Waals surface area contributed by atoms with Crippen molar-refractivity contribution >= 4 is 11.8 Å². The lowest BCUT2D eigenvalue weighted by molar-refractivity contribution is 0.0172. The highest BCUT2D eigenvalue weighted by atomic mass is 32.2. The summed E-state index contributed by atoms with van der Waals surface area (Å²) < 4.78 is 0. The summed E-state index contributed by atoms with van der Waals surface area (Å²) in [5.74, 6) is 2.41. The SMILES string of the molecule is C=C(CCSC(C)C)NC(CC1CC1)CC(N)(C(O)CC)C1CCCCC1. The molecule has 2 saturated carbocycles. The van der Waals surface area contributed by atoms with E-state index < -0.39 is 11.6 Å². The fraction of sp³-hybridized carbons (Fsp3) is 0.913. The van der Waals surface area contributed by atoms with Gasteiger partial charge < -0.3 is 16.2 Å². The second kappa shape index (κ2) is 11.1. The molecule has 0 aromatic rings. The Bertz CT molecular complexity index is 446. The van der Waals surface area contributed by atoms with Crippen molar-refractivity contribution in [2.24, 2.45) is 17.6 Å². The van der Waals surface area contributed by atoms with Crippen molar-refractivity contribution in [1.29, 1.82) is 0 Å². The fourth-order valence-electron chi connectivity index (χ4n) is 4.75. The average Bonchev–Trinajstić information content (AvgIpc) is 3.45. The number of aliphatic hydroxyl groups excluding tert-OH is 1. The van der Waals surface area contributed by atoms with E-state index in [0.717, 1.165) is 36.6 Å². The standard InChI is InChI=1S/C23H44N2OS/c1-5-22(26)23(24,20-9-7-6-8-10-20)16-21(15-19-11-12-19)25-18(4)13-14-27-17(2)3/h17,19-22,25-26H,4-16,24H2,1-3H3. The van der Waals surface area contributed by atoms with Gasteiger partial charge in [-0.1, -0.05) is 59.5 Å². The average molecular weight is 397 g/mol. The number of nitrogens with one attached hydrogen (secondary N) is 1. The largest absolute Gasteiger partial charge is 0.391 e. The predicted octanol–water partition coefficient (Wildman–Crippen LogP) is 5.23. The van der Waals surface area contributed by atoms with Gasteiger partial charge in [0.1, 0.15) is 0 Å². The molecule has 2 fully saturated rings. The number of nitrogens with two attached hydrogens (primary N) is 1. The summed E-state index contributed by atoms with van der Waals surface area (Å²) in [6, 6.07) is 0.349. The van der Waals surface area contributed by atoms with Gasteiger partial charge in [0, 0.05) is 17.3 Å². The third-order valence-electron chi connectivity index (χ3n) is 6.55. The van der Waals surface area contributed by atoms with Gasteiger partial charge in [-0.2, -0.15) is 11.8 Å². The minimum Gasteiger partial charge on any atom is -0.391 e. The number of rotatable bonds is 13. The summed E-state index contributed by atoms with van der Waals surface area (Å²) in [6.45, 7) is 10.9. The molecule has 27 heavy (non-hydrogen) atoms. The molecule has 0 aromatic carbocycles. The highest BCUT2D eigenvalue weighted by molar-refractivity contribution is 7.99. The Kier molecular flexibility index (Phi) is 9.50. The zero-order chi connectivity index (χ0) is 19.9. The Morgan fingerprint density at radius 3 is 2.44 bits per heavy atom. The number of aliphatic hydroxyl groups is 1. The first kappa shape index (κ1) is 23.1. The maximum atomic E-state index is 10.9. The molecule has 0 spiro atoms. The van der Waals surface area contributed by atoms with Crippen molar-refractivity contribution in [2.45, 2.75) is 114 Å². The lowest BCUT2D eigenvalue weighted by Gasteiger charge is -2.45. The van der Waals surface area contributed by atoms with Gasteiger partial charge in [-0.3, -0.25) is 0 Å². The Labute approximate surface area is 172 Å². The molecule has 0 heterocycles. The molecule has 0 saturated heterocycles. The van der Waals surface area contributed by atoms with E-state index in [2.05, 4.69) is 32.7 Å². The van der Waals surface area contributed by atoms with Crippen LogP contribution in [0.1, 0.15) is 91.4 Å². The molecule has 0 bridgehead atoms. The molecule has 0 aromatic heterocycles. The van der Waals surface area contributed by atoms with Gasteiger partial charge in [0.25, 0.3) is 0 Å². The molecule has 0 radical (unpaired) electrons. The molecule has 4 heteroatoms. The Hall–Kier alpha value is -0.190. The van der Waals surface area contributed by atoms with E-state index in [1.54, 1.807) is 0 Å². The van der Waals surface area contributed by atoms with Crippen LogP contribution in [0.3, 0.4) is 0 Å². The van der Waals surface area contributed by atoms with E-state index in [1.807, 2.05) is 11.8 Å². The molecule has 3 unspecified atom stereocenters. The van der Waals surface area contributed by atoms with Crippen LogP contribution in [0.5, 0.6) is 0 Å². The summed E-state index contributed by atoms with van der Waals surface area (Å²) in [6.07, 6.45) is 12.3. The van der Waals surface area contributed by atoms with Crippen LogP contribution in [0.4, 0.5) is 0 Å². The molecule has 2 rings (SSSR count). The lowest BCUT2D eigenvalue weighted by Crippen LogP contribution is -2.59. The maximum absolute atomic E-state index is 10.9. The number of hydrogen-bond donors (Lipinski definition) is 3. The predicted molar refractivity (Wildman–Crippen MR) is 120 cm³/mol. The van der Waals surface area contributed by atoms with Crippen LogP contribution < -0.4 is 11.1 Å². The molecular formula is C23H44N2OS. The van der Waals surface area contributed by atoms with E-state index in [-0.39, 0.29) is 0 Å². The second-order valence-electron chi connectivity index (χ2n) is 9.37. The number of thioether (sulfide) groups is 1. The Morgan fingerprint density at radius 1 is 1.22 bits per heavy atom. The smallest absolute Gasteiger partial charge is 0.0720 e. The van der Waals surface area contributed by atoms with Gasteiger partial charge >= 0.3 is 0 Å². The van der Waals surface area contributed by atoms with Crippen LogP contribution >= 0.6 is 11.8 Å². The molecular weight excluding hydrogens is 352 g/mol. The van der Waals surface area contributed by atoms with Gasteiger partial charge in [0.15, 0.2) is 0 Å². The summed E-state index contributed by atoms with van der Waals surface area (Å²) >= 11 is 1.99. The van der Waals surface area contributed by atoms with Crippen LogP contribution in [0.15, 0.2) is 12.3 Å². The first-order valence-electron chi connectivity index (χ1n) is 11.4. The van der Waals surface area contributed by atoms with E-state index in [4.69, 9.17) is 5.73 Å². The van der Waals surface area contributed by atoms with Crippen LogP contribution in [-0.2, 0) is 0 Å². The quantitative estimate of drug-likeness (QED) is 0.399. The molecule has 2 aliphatic carbocycles. The van der Waals surface area contributed by atoms with Crippen molar-refractivity contribution in [3.63, 3.8) is 0 Å². The van der Waals surface area contributed by atoms with Crippen molar-refractivity contribution in [2.75, 3.05) is 5.75 Å². The van der Waals surface area contributed by atoms with Crippen molar-refractivity contribution in [1.82, 2.24) is 5.32 Å². The first-order valence-corrected chi connectivity index (χ1v) is 12.4. The first-order chi connectivity index (χ1) is 12.8. The molecule has 0 aliphatic heterocycles. The summed E-state index contributed by atoms with van der Waals surface area (Å²) in [5, 5.41) is 15.3. The molecule has 158 valence electrons. The van der Waals surface area contributed by atoms with Gasteiger partial charge in [-0.25, -0.2) is 0 Å². The van der Waals surface area contributed by atoms with Crippen LogP contribution in [0, 0.1) is 11.8 Å². The van der Waals surface area contributed by atoms with Crippen LogP contribution in [-0.4, -0.2) is 33.8 Å². The third kappa shape index (κ3) is 7.62. The molecule has 2 aliphatic rings. The molecule has 3 nitrogen and oxygen atoms in total. The highest BCUT2D eigenvalue weighted by Gasteiger charge is 2.43. The van der Waals surface area contributed by atoms with E-state index in [0.29, 0.717) is 17.2 Å². The monoisotopic (exact) mass is 396 g/mol.